The lowest BCUT2D eigenvalue weighted by Crippen LogP contribution is -2.29. The second-order valence-corrected chi connectivity index (χ2v) is 5.54. The maximum atomic E-state index is 5.89. The summed E-state index contributed by atoms with van der Waals surface area (Å²) in [5.41, 5.74) is 7.39. The highest BCUT2D eigenvalue weighted by atomic mass is 32.1. The van der Waals surface area contributed by atoms with Crippen LogP contribution in [-0.2, 0) is 0 Å². The molecule has 2 nitrogen and oxygen atoms in total. The fourth-order valence-corrected chi connectivity index (χ4v) is 3.54. The molecule has 2 aliphatic rings. The Kier molecular flexibility index (Phi) is 2.54. The SMILES string of the molecule is NCC1CCN(C2CC2)C1c1ccsc1. The monoisotopic (exact) mass is 222 g/mol. The minimum atomic E-state index is 0.619. The molecule has 0 amide bonds. The molecule has 2 atom stereocenters. The van der Waals surface area contributed by atoms with Gasteiger partial charge in [0.05, 0.1) is 0 Å². The van der Waals surface area contributed by atoms with E-state index in [-0.39, 0.29) is 0 Å². The Hall–Kier alpha value is -0.380. The lowest BCUT2D eigenvalue weighted by atomic mass is 9.96. The second-order valence-electron chi connectivity index (χ2n) is 4.75. The van der Waals surface area contributed by atoms with Gasteiger partial charge in [0.2, 0.25) is 0 Å². The van der Waals surface area contributed by atoms with Crippen LogP contribution in [0, 0.1) is 5.92 Å². The van der Waals surface area contributed by atoms with E-state index < -0.39 is 0 Å². The smallest absolute Gasteiger partial charge is 0.0399 e. The normalized spacial score (nSPS) is 32.3. The summed E-state index contributed by atoms with van der Waals surface area (Å²) in [6.07, 6.45) is 4.09. The van der Waals surface area contributed by atoms with E-state index in [1.54, 1.807) is 11.3 Å². The molecule has 2 heterocycles. The lowest BCUT2D eigenvalue weighted by molar-refractivity contribution is 0.221. The molecule has 0 aromatic carbocycles. The summed E-state index contributed by atoms with van der Waals surface area (Å²) in [5.74, 6) is 0.681. The van der Waals surface area contributed by atoms with Gasteiger partial charge in [-0.2, -0.15) is 11.3 Å². The number of thiophene rings is 1. The van der Waals surface area contributed by atoms with Crippen molar-refractivity contribution in [2.75, 3.05) is 13.1 Å². The predicted octanol–water partition coefficient (Wildman–Crippen LogP) is 2.23. The van der Waals surface area contributed by atoms with Gasteiger partial charge in [0, 0.05) is 12.1 Å². The largest absolute Gasteiger partial charge is 0.330 e. The van der Waals surface area contributed by atoms with Crippen molar-refractivity contribution in [3.05, 3.63) is 22.4 Å². The fraction of sp³-hybridized carbons (Fsp3) is 0.667. The molecule has 82 valence electrons. The molecule has 3 heteroatoms. The van der Waals surface area contributed by atoms with Gasteiger partial charge in [-0.25, -0.2) is 0 Å². The van der Waals surface area contributed by atoms with Crippen molar-refractivity contribution < 1.29 is 0 Å². The Labute approximate surface area is 95.1 Å². The molecule has 2 unspecified atom stereocenters. The zero-order valence-electron chi connectivity index (χ0n) is 8.93. The van der Waals surface area contributed by atoms with Crippen molar-refractivity contribution in [2.24, 2.45) is 11.7 Å². The van der Waals surface area contributed by atoms with Gasteiger partial charge in [-0.1, -0.05) is 0 Å². The molecule has 1 aromatic rings. The Bertz CT molecular complexity index is 318. The van der Waals surface area contributed by atoms with Crippen LogP contribution in [0.4, 0.5) is 0 Å². The average molecular weight is 222 g/mol. The van der Waals surface area contributed by atoms with Gasteiger partial charge in [0.25, 0.3) is 0 Å². The van der Waals surface area contributed by atoms with Gasteiger partial charge in [0.1, 0.15) is 0 Å². The highest BCUT2D eigenvalue weighted by molar-refractivity contribution is 7.07. The molecule has 0 spiro atoms. The Morgan fingerprint density at radius 2 is 2.27 bits per heavy atom. The predicted molar refractivity (Wildman–Crippen MR) is 63.9 cm³/mol. The Balaban J connectivity index is 1.85. The van der Waals surface area contributed by atoms with Gasteiger partial charge in [-0.05, 0) is 60.7 Å². The van der Waals surface area contributed by atoms with E-state index in [1.165, 1.54) is 31.4 Å². The topological polar surface area (TPSA) is 29.3 Å². The summed E-state index contributed by atoms with van der Waals surface area (Å²) in [6, 6.07) is 3.76. The Morgan fingerprint density at radius 1 is 1.40 bits per heavy atom. The number of nitrogens with two attached hydrogens (primary N) is 1. The third-order valence-electron chi connectivity index (χ3n) is 3.77. The minimum absolute atomic E-state index is 0.619. The molecular weight excluding hydrogens is 204 g/mol. The van der Waals surface area contributed by atoms with E-state index in [0.29, 0.717) is 12.0 Å². The highest BCUT2D eigenvalue weighted by Crippen LogP contribution is 2.44. The summed E-state index contributed by atoms with van der Waals surface area (Å²) in [7, 11) is 0. The van der Waals surface area contributed by atoms with Crippen LogP contribution in [0.15, 0.2) is 16.8 Å². The summed E-state index contributed by atoms with van der Waals surface area (Å²) in [6.45, 7) is 2.09. The molecule has 2 fully saturated rings. The van der Waals surface area contributed by atoms with Crippen molar-refractivity contribution >= 4 is 11.3 Å². The van der Waals surface area contributed by atoms with Crippen molar-refractivity contribution in [1.82, 2.24) is 4.90 Å². The van der Waals surface area contributed by atoms with Gasteiger partial charge in [-0.3, -0.25) is 4.90 Å². The third kappa shape index (κ3) is 1.73. The van der Waals surface area contributed by atoms with Crippen molar-refractivity contribution in [3.63, 3.8) is 0 Å². The first kappa shape index (κ1) is 9.82. The van der Waals surface area contributed by atoms with Gasteiger partial charge >= 0.3 is 0 Å². The first-order valence-corrected chi connectivity index (χ1v) is 6.82. The van der Waals surface area contributed by atoms with Gasteiger partial charge < -0.3 is 5.73 Å². The summed E-state index contributed by atoms with van der Waals surface area (Å²) >= 11 is 1.81. The quantitative estimate of drug-likeness (QED) is 0.850. The molecule has 15 heavy (non-hydrogen) atoms. The van der Waals surface area contributed by atoms with E-state index in [1.807, 2.05) is 0 Å². The van der Waals surface area contributed by atoms with Crippen LogP contribution in [0.2, 0.25) is 0 Å². The van der Waals surface area contributed by atoms with Gasteiger partial charge in [0.15, 0.2) is 0 Å². The van der Waals surface area contributed by atoms with E-state index >= 15 is 0 Å². The molecule has 1 saturated heterocycles. The molecule has 0 radical (unpaired) electrons. The zero-order chi connectivity index (χ0) is 10.3. The average Bonchev–Trinajstić information content (AvgIpc) is 2.83. The fourth-order valence-electron chi connectivity index (χ4n) is 2.85. The van der Waals surface area contributed by atoms with Crippen molar-refractivity contribution in [1.29, 1.82) is 0 Å². The van der Waals surface area contributed by atoms with Crippen LogP contribution in [0.3, 0.4) is 0 Å². The van der Waals surface area contributed by atoms with E-state index in [2.05, 4.69) is 21.7 Å². The first-order chi connectivity index (χ1) is 7.40. The number of rotatable bonds is 3. The van der Waals surface area contributed by atoms with Crippen LogP contribution in [0.1, 0.15) is 30.9 Å². The number of nitrogens with zero attached hydrogens (tertiary/aromatic N) is 1. The lowest BCUT2D eigenvalue weighted by Gasteiger charge is -2.27. The molecule has 0 bridgehead atoms. The van der Waals surface area contributed by atoms with Crippen LogP contribution >= 0.6 is 11.3 Å². The summed E-state index contributed by atoms with van der Waals surface area (Å²) < 4.78 is 0. The maximum absolute atomic E-state index is 5.89. The molecule has 1 aromatic heterocycles. The number of likely N-dealkylation sites (tertiary alicyclic amines) is 1. The van der Waals surface area contributed by atoms with E-state index in [4.69, 9.17) is 5.73 Å². The minimum Gasteiger partial charge on any atom is -0.330 e. The molecule has 1 aliphatic heterocycles. The Morgan fingerprint density at radius 3 is 2.87 bits per heavy atom. The summed E-state index contributed by atoms with van der Waals surface area (Å²) in [5, 5.41) is 4.49. The molecule has 2 N–H and O–H groups in total. The zero-order valence-corrected chi connectivity index (χ0v) is 9.75. The van der Waals surface area contributed by atoms with Crippen LogP contribution in [0.25, 0.3) is 0 Å². The van der Waals surface area contributed by atoms with E-state index in [9.17, 15) is 0 Å². The first-order valence-electron chi connectivity index (χ1n) is 5.88. The third-order valence-corrected chi connectivity index (χ3v) is 4.47. The highest BCUT2D eigenvalue weighted by Gasteiger charge is 2.42. The van der Waals surface area contributed by atoms with Crippen LogP contribution < -0.4 is 5.73 Å². The molecule has 3 rings (SSSR count). The summed E-state index contributed by atoms with van der Waals surface area (Å²) in [4.78, 5) is 2.69. The molecule has 1 saturated carbocycles. The van der Waals surface area contributed by atoms with Crippen LogP contribution in [-0.4, -0.2) is 24.0 Å². The number of hydrogen-bond acceptors (Lipinski definition) is 3. The van der Waals surface area contributed by atoms with E-state index in [0.717, 1.165) is 12.6 Å². The molecular formula is C12H18N2S. The maximum Gasteiger partial charge on any atom is 0.0399 e. The van der Waals surface area contributed by atoms with Crippen molar-refractivity contribution in [3.8, 4) is 0 Å². The standard InChI is InChI=1S/C12H18N2S/c13-7-9-3-5-14(11-1-2-11)12(9)10-4-6-15-8-10/h4,6,8-9,11-12H,1-3,5,7,13H2. The van der Waals surface area contributed by atoms with Crippen molar-refractivity contribution in [2.45, 2.75) is 31.3 Å². The number of hydrogen-bond donors (Lipinski definition) is 1. The molecule has 1 aliphatic carbocycles. The van der Waals surface area contributed by atoms with Gasteiger partial charge in [-0.15, -0.1) is 0 Å². The second kappa shape index (κ2) is 3.89. The van der Waals surface area contributed by atoms with Crippen LogP contribution in [0.5, 0.6) is 0 Å².